The van der Waals surface area contributed by atoms with Crippen LogP contribution in [0.25, 0.3) is 0 Å². The van der Waals surface area contributed by atoms with Crippen molar-refractivity contribution in [3.8, 4) is 0 Å². The van der Waals surface area contributed by atoms with Crippen LogP contribution in [0.3, 0.4) is 0 Å². The van der Waals surface area contributed by atoms with Gasteiger partial charge in [0.1, 0.15) is 12.4 Å². The molecule has 0 unspecified atom stereocenters. The first-order chi connectivity index (χ1) is 9.47. The van der Waals surface area contributed by atoms with E-state index in [1.165, 1.54) is 0 Å². The molecule has 6 heteroatoms. The van der Waals surface area contributed by atoms with E-state index in [0.717, 1.165) is 22.9 Å². The van der Waals surface area contributed by atoms with Crippen molar-refractivity contribution < 1.29 is 9.90 Å². The Labute approximate surface area is 117 Å². The van der Waals surface area contributed by atoms with E-state index in [-0.39, 0.29) is 6.54 Å². The number of anilines is 1. The second kappa shape index (κ2) is 5.73. The minimum atomic E-state index is -0.871. The smallest absolute Gasteiger partial charge is 0.323 e. The molecule has 2 aromatic rings. The summed E-state index contributed by atoms with van der Waals surface area (Å²) in [7, 11) is 1.87. The standard InChI is InChI=1S/C14H18N4O2/c1-10-4-6-12(7-5-10)18(9-14(19)20)8-13-16-15-11(2)17(13)3/h4-7H,8-9H2,1-3H3,(H,19,20). The number of carboxylic acid groups (broad SMARTS) is 1. The lowest BCUT2D eigenvalue weighted by Crippen LogP contribution is -2.30. The van der Waals surface area contributed by atoms with Crippen LogP contribution in [0, 0.1) is 13.8 Å². The Kier molecular flexibility index (Phi) is 4.02. The fraction of sp³-hybridized carbons (Fsp3) is 0.357. The molecule has 0 spiro atoms. The molecule has 0 aliphatic rings. The van der Waals surface area contributed by atoms with Gasteiger partial charge in [-0.15, -0.1) is 10.2 Å². The number of carbonyl (C=O) groups is 1. The highest BCUT2D eigenvalue weighted by molar-refractivity contribution is 5.73. The second-order valence-electron chi connectivity index (χ2n) is 4.81. The second-order valence-corrected chi connectivity index (χ2v) is 4.81. The average Bonchev–Trinajstić information content (AvgIpc) is 2.70. The Hall–Kier alpha value is -2.37. The molecule has 1 aromatic heterocycles. The molecule has 20 heavy (non-hydrogen) atoms. The monoisotopic (exact) mass is 274 g/mol. The Balaban J connectivity index is 2.26. The first-order valence-electron chi connectivity index (χ1n) is 6.35. The maximum atomic E-state index is 11.0. The third-order valence-corrected chi connectivity index (χ3v) is 3.24. The lowest BCUT2D eigenvalue weighted by atomic mass is 10.2. The van der Waals surface area contributed by atoms with E-state index in [0.29, 0.717) is 6.54 Å². The number of nitrogens with zero attached hydrogens (tertiary/aromatic N) is 4. The van der Waals surface area contributed by atoms with Crippen LogP contribution in [0.2, 0.25) is 0 Å². The molecule has 0 saturated carbocycles. The summed E-state index contributed by atoms with van der Waals surface area (Å²) in [6.45, 7) is 4.20. The Morgan fingerprint density at radius 3 is 2.40 bits per heavy atom. The van der Waals surface area contributed by atoms with Crippen LogP contribution in [0.15, 0.2) is 24.3 Å². The van der Waals surface area contributed by atoms with Crippen molar-refractivity contribution >= 4 is 11.7 Å². The van der Waals surface area contributed by atoms with Crippen molar-refractivity contribution in [1.82, 2.24) is 14.8 Å². The summed E-state index contributed by atoms with van der Waals surface area (Å²) < 4.78 is 1.86. The van der Waals surface area contributed by atoms with Gasteiger partial charge in [0.15, 0.2) is 5.82 Å². The molecular weight excluding hydrogens is 256 g/mol. The van der Waals surface area contributed by atoms with E-state index in [9.17, 15) is 4.79 Å². The van der Waals surface area contributed by atoms with Crippen molar-refractivity contribution in [3.63, 3.8) is 0 Å². The molecule has 6 nitrogen and oxygen atoms in total. The third kappa shape index (κ3) is 3.14. The van der Waals surface area contributed by atoms with Gasteiger partial charge in [0.25, 0.3) is 0 Å². The summed E-state index contributed by atoms with van der Waals surface area (Å²) in [6, 6.07) is 7.77. The highest BCUT2D eigenvalue weighted by atomic mass is 16.4. The van der Waals surface area contributed by atoms with E-state index in [4.69, 9.17) is 5.11 Å². The van der Waals surface area contributed by atoms with E-state index >= 15 is 0 Å². The van der Waals surface area contributed by atoms with Crippen LogP contribution in [-0.2, 0) is 18.4 Å². The summed E-state index contributed by atoms with van der Waals surface area (Å²) in [5.41, 5.74) is 2.00. The lowest BCUT2D eigenvalue weighted by molar-refractivity contribution is -0.135. The van der Waals surface area contributed by atoms with Crippen LogP contribution < -0.4 is 4.90 Å². The van der Waals surface area contributed by atoms with Gasteiger partial charge >= 0.3 is 5.97 Å². The molecule has 0 atom stereocenters. The van der Waals surface area contributed by atoms with E-state index < -0.39 is 5.97 Å². The highest BCUT2D eigenvalue weighted by Crippen LogP contribution is 2.17. The van der Waals surface area contributed by atoms with Gasteiger partial charge in [-0.1, -0.05) is 17.7 Å². The maximum Gasteiger partial charge on any atom is 0.323 e. The van der Waals surface area contributed by atoms with Crippen LogP contribution in [0.5, 0.6) is 0 Å². The quantitative estimate of drug-likeness (QED) is 0.895. The normalized spacial score (nSPS) is 10.6. The number of rotatable bonds is 5. The van der Waals surface area contributed by atoms with Crippen LogP contribution in [0.1, 0.15) is 17.2 Å². The number of benzene rings is 1. The summed E-state index contributed by atoms with van der Waals surface area (Å²) in [5, 5.41) is 17.1. The first kappa shape index (κ1) is 14.0. The fourth-order valence-electron chi connectivity index (χ4n) is 1.92. The molecule has 0 radical (unpaired) electrons. The minimum Gasteiger partial charge on any atom is -0.480 e. The zero-order valence-corrected chi connectivity index (χ0v) is 11.9. The molecule has 106 valence electrons. The molecule has 1 heterocycles. The number of hydrogen-bond acceptors (Lipinski definition) is 4. The van der Waals surface area contributed by atoms with Crippen molar-refractivity contribution in [1.29, 1.82) is 0 Å². The number of carboxylic acids is 1. The molecular formula is C14H18N4O2. The lowest BCUT2D eigenvalue weighted by Gasteiger charge is -2.22. The maximum absolute atomic E-state index is 11.0. The van der Waals surface area contributed by atoms with Crippen LogP contribution in [-0.4, -0.2) is 32.4 Å². The van der Waals surface area contributed by atoms with Crippen molar-refractivity contribution in [2.75, 3.05) is 11.4 Å². The summed E-state index contributed by atoms with van der Waals surface area (Å²) >= 11 is 0. The molecule has 0 fully saturated rings. The van der Waals surface area contributed by atoms with Gasteiger partial charge in [0, 0.05) is 12.7 Å². The highest BCUT2D eigenvalue weighted by Gasteiger charge is 2.15. The third-order valence-electron chi connectivity index (χ3n) is 3.24. The van der Waals surface area contributed by atoms with E-state index in [2.05, 4.69) is 10.2 Å². The molecule has 0 aliphatic carbocycles. The number of aryl methyl sites for hydroxylation is 2. The fourth-order valence-corrected chi connectivity index (χ4v) is 1.92. The molecule has 0 saturated heterocycles. The minimum absolute atomic E-state index is 0.0744. The van der Waals surface area contributed by atoms with Gasteiger partial charge in [-0.2, -0.15) is 0 Å². The van der Waals surface area contributed by atoms with E-state index in [1.807, 2.05) is 49.7 Å². The van der Waals surface area contributed by atoms with Crippen LogP contribution >= 0.6 is 0 Å². The summed E-state index contributed by atoms with van der Waals surface area (Å²) in [5.74, 6) is 0.674. The van der Waals surface area contributed by atoms with Gasteiger partial charge in [0.2, 0.25) is 0 Å². The molecule has 1 N–H and O–H groups in total. The molecule has 0 amide bonds. The average molecular weight is 274 g/mol. The SMILES string of the molecule is Cc1ccc(N(CC(=O)O)Cc2nnc(C)n2C)cc1. The number of aromatic nitrogens is 3. The van der Waals surface area contributed by atoms with Gasteiger partial charge in [-0.25, -0.2) is 0 Å². The van der Waals surface area contributed by atoms with Gasteiger partial charge in [-0.3, -0.25) is 4.79 Å². The van der Waals surface area contributed by atoms with Gasteiger partial charge in [-0.05, 0) is 26.0 Å². The zero-order valence-electron chi connectivity index (χ0n) is 11.9. The Bertz CT molecular complexity index is 604. The number of hydrogen-bond donors (Lipinski definition) is 1. The molecule has 1 aromatic carbocycles. The first-order valence-corrected chi connectivity index (χ1v) is 6.35. The van der Waals surface area contributed by atoms with Crippen molar-refractivity contribution in [2.24, 2.45) is 7.05 Å². The van der Waals surface area contributed by atoms with Crippen LogP contribution in [0.4, 0.5) is 5.69 Å². The summed E-state index contributed by atoms with van der Waals surface area (Å²) in [4.78, 5) is 12.8. The van der Waals surface area contributed by atoms with Crippen molar-refractivity contribution in [2.45, 2.75) is 20.4 Å². The van der Waals surface area contributed by atoms with Gasteiger partial charge in [0.05, 0.1) is 6.54 Å². The topological polar surface area (TPSA) is 71.2 Å². The van der Waals surface area contributed by atoms with Gasteiger partial charge < -0.3 is 14.6 Å². The summed E-state index contributed by atoms with van der Waals surface area (Å²) in [6.07, 6.45) is 0. The molecule has 0 aliphatic heterocycles. The number of aliphatic carboxylic acids is 1. The van der Waals surface area contributed by atoms with E-state index in [1.54, 1.807) is 4.90 Å². The molecule has 2 rings (SSSR count). The molecule has 0 bridgehead atoms. The zero-order chi connectivity index (χ0) is 14.7. The Morgan fingerprint density at radius 2 is 1.90 bits per heavy atom. The van der Waals surface area contributed by atoms with Crippen molar-refractivity contribution in [3.05, 3.63) is 41.5 Å². The Morgan fingerprint density at radius 1 is 1.25 bits per heavy atom. The largest absolute Gasteiger partial charge is 0.480 e. The predicted octanol–water partition coefficient (Wildman–Crippen LogP) is 1.52. The predicted molar refractivity (Wildman–Crippen MR) is 75.6 cm³/mol.